The number of carbonyl (C=O) groups is 1. The SMILES string of the molecule is CCCN(CC)C(=O)c1sc(N(C)CCC)nc1N. The number of nitrogens with two attached hydrogens (primary N) is 1. The summed E-state index contributed by atoms with van der Waals surface area (Å²) in [4.78, 5) is 21.1. The van der Waals surface area contributed by atoms with Crippen LogP contribution in [0.1, 0.15) is 43.3 Å². The highest BCUT2D eigenvalue weighted by Crippen LogP contribution is 2.28. The van der Waals surface area contributed by atoms with E-state index in [1.807, 2.05) is 23.8 Å². The van der Waals surface area contributed by atoms with Crippen molar-refractivity contribution in [2.24, 2.45) is 0 Å². The van der Waals surface area contributed by atoms with Crippen molar-refractivity contribution < 1.29 is 4.79 Å². The number of anilines is 2. The minimum atomic E-state index is -0.00417. The van der Waals surface area contributed by atoms with Crippen molar-refractivity contribution in [2.45, 2.75) is 33.6 Å². The lowest BCUT2D eigenvalue weighted by molar-refractivity contribution is 0.0770. The fraction of sp³-hybridized carbons (Fsp3) is 0.692. The van der Waals surface area contributed by atoms with Crippen molar-refractivity contribution in [3.05, 3.63) is 4.88 Å². The number of hydrogen-bond donors (Lipinski definition) is 1. The summed E-state index contributed by atoms with van der Waals surface area (Å²) in [6.07, 6.45) is 1.98. The number of aromatic nitrogens is 1. The Hall–Kier alpha value is -1.30. The summed E-state index contributed by atoms with van der Waals surface area (Å²) < 4.78 is 0. The van der Waals surface area contributed by atoms with Crippen LogP contribution in [-0.2, 0) is 0 Å². The topological polar surface area (TPSA) is 62.5 Å². The fourth-order valence-corrected chi connectivity index (χ4v) is 2.82. The molecule has 0 saturated heterocycles. The molecule has 0 aliphatic carbocycles. The smallest absolute Gasteiger partial charge is 0.267 e. The van der Waals surface area contributed by atoms with Crippen LogP contribution < -0.4 is 10.6 Å². The fourth-order valence-electron chi connectivity index (χ4n) is 1.88. The molecule has 1 aromatic heterocycles. The van der Waals surface area contributed by atoms with E-state index in [9.17, 15) is 4.79 Å². The first-order chi connectivity index (χ1) is 9.04. The van der Waals surface area contributed by atoms with Crippen molar-refractivity contribution in [2.75, 3.05) is 37.3 Å². The van der Waals surface area contributed by atoms with Gasteiger partial charge >= 0.3 is 0 Å². The van der Waals surface area contributed by atoms with E-state index >= 15 is 0 Å². The number of hydrogen-bond acceptors (Lipinski definition) is 5. The van der Waals surface area contributed by atoms with Crippen LogP contribution in [0, 0.1) is 0 Å². The predicted molar refractivity (Wildman–Crippen MR) is 82.0 cm³/mol. The first-order valence-corrected chi connectivity index (χ1v) is 7.63. The molecule has 2 N–H and O–H groups in total. The molecular formula is C13H24N4OS. The summed E-state index contributed by atoms with van der Waals surface area (Å²) in [5.74, 6) is 0.345. The Labute approximate surface area is 119 Å². The molecule has 0 aliphatic heterocycles. The van der Waals surface area contributed by atoms with Crippen molar-refractivity contribution in [3.63, 3.8) is 0 Å². The predicted octanol–water partition coefficient (Wildman–Crippen LogP) is 2.44. The second kappa shape index (κ2) is 7.33. The van der Waals surface area contributed by atoms with E-state index in [4.69, 9.17) is 5.73 Å². The van der Waals surface area contributed by atoms with Crippen molar-refractivity contribution in [3.8, 4) is 0 Å². The largest absolute Gasteiger partial charge is 0.382 e. The highest BCUT2D eigenvalue weighted by atomic mass is 32.1. The van der Waals surface area contributed by atoms with E-state index in [1.165, 1.54) is 11.3 Å². The zero-order valence-corrected chi connectivity index (χ0v) is 13.1. The third-order valence-electron chi connectivity index (χ3n) is 2.88. The molecule has 0 atom stereocenters. The van der Waals surface area contributed by atoms with Gasteiger partial charge in [0, 0.05) is 26.7 Å². The zero-order chi connectivity index (χ0) is 14.4. The Morgan fingerprint density at radius 2 is 1.89 bits per heavy atom. The lowest BCUT2D eigenvalue weighted by Gasteiger charge is -2.19. The molecule has 1 aromatic rings. The normalized spacial score (nSPS) is 10.5. The van der Waals surface area contributed by atoms with Crippen LogP contribution in [0.15, 0.2) is 0 Å². The molecular weight excluding hydrogens is 260 g/mol. The summed E-state index contributed by atoms with van der Waals surface area (Å²) >= 11 is 1.38. The molecule has 0 aromatic carbocycles. The first-order valence-electron chi connectivity index (χ1n) is 6.81. The second-order valence-electron chi connectivity index (χ2n) is 4.52. The Bertz CT molecular complexity index is 419. The number of amides is 1. The number of nitrogens with zero attached hydrogens (tertiary/aromatic N) is 3. The van der Waals surface area contributed by atoms with Crippen molar-refractivity contribution in [1.29, 1.82) is 0 Å². The molecule has 19 heavy (non-hydrogen) atoms. The quantitative estimate of drug-likeness (QED) is 0.835. The lowest BCUT2D eigenvalue weighted by atomic mass is 10.3. The Balaban J connectivity index is 2.91. The van der Waals surface area contributed by atoms with E-state index in [1.54, 1.807) is 0 Å². The molecule has 0 radical (unpaired) electrons. The maximum atomic E-state index is 12.4. The molecule has 5 nitrogen and oxygen atoms in total. The molecule has 1 heterocycles. The standard InChI is InChI=1S/C13H24N4OS/c1-5-8-16(4)13-15-11(14)10(19-13)12(18)17(7-3)9-6-2/h5-9,14H2,1-4H3. The highest BCUT2D eigenvalue weighted by molar-refractivity contribution is 7.18. The van der Waals surface area contributed by atoms with Crippen LogP contribution >= 0.6 is 11.3 Å². The first kappa shape index (κ1) is 15.8. The third kappa shape index (κ3) is 3.83. The van der Waals surface area contributed by atoms with Crippen LogP contribution in [0.4, 0.5) is 10.9 Å². The number of carbonyl (C=O) groups excluding carboxylic acids is 1. The third-order valence-corrected chi connectivity index (χ3v) is 4.06. The van der Waals surface area contributed by atoms with Gasteiger partial charge < -0.3 is 15.5 Å². The van der Waals surface area contributed by atoms with Gasteiger partial charge in [-0.3, -0.25) is 4.79 Å². The Kier molecular flexibility index (Phi) is 6.08. The summed E-state index contributed by atoms with van der Waals surface area (Å²) in [6, 6.07) is 0. The van der Waals surface area contributed by atoms with E-state index in [0.717, 1.165) is 31.1 Å². The van der Waals surface area contributed by atoms with E-state index in [-0.39, 0.29) is 5.91 Å². The van der Waals surface area contributed by atoms with E-state index in [2.05, 4.69) is 18.8 Å². The van der Waals surface area contributed by atoms with Gasteiger partial charge in [0.05, 0.1) is 0 Å². The second-order valence-corrected chi connectivity index (χ2v) is 5.49. The van der Waals surface area contributed by atoms with Crippen molar-refractivity contribution in [1.82, 2.24) is 9.88 Å². The maximum Gasteiger partial charge on any atom is 0.267 e. The van der Waals surface area contributed by atoms with Gasteiger partial charge in [0.15, 0.2) is 5.13 Å². The van der Waals surface area contributed by atoms with Crippen LogP contribution in [0.5, 0.6) is 0 Å². The number of nitrogen functional groups attached to an aromatic ring is 1. The summed E-state index contributed by atoms with van der Waals surface area (Å²) in [5.41, 5.74) is 5.89. The number of rotatable bonds is 7. The van der Waals surface area contributed by atoms with Crippen LogP contribution in [0.2, 0.25) is 0 Å². The van der Waals surface area contributed by atoms with Gasteiger partial charge in [-0.15, -0.1) is 0 Å². The molecule has 1 rings (SSSR count). The molecule has 6 heteroatoms. The van der Waals surface area contributed by atoms with Crippen LogP contribution in [-0.4, -0.2) is 42.5 Å². The lowest BCUT2D eigenvalue weighted by Crippen LogP contribution is -2.31. The van der Waals surface area contributed by atoms with Crippen molar-refractivity contribution >= 4 is 28.2 Å². The number of thiazole rings is 1. The summed E-state index contributed by atoms with van der Waals surface area (Å²) in [6.45, 7) is 8.52. The summed E-state index contributed by atoms with van der Waals surface area (Å²) in [5, 5.41) is 0.815. The molecule has 1 amide bonds. The molecule has 0 saturated carbocycles. The van der Waals surface area contributed by atoms with E-state index < -0.39 is 0 Å². The molecule has 0 spiro atoms. The minimum absolute atomic E-state index is 0.00417. The van der Waals surface area contributed by atoms with Gasteiger partial charge in [-0.25, -0.2) is 4.98 Å². The summed E-state index contributed by atoms with van der Waals surface area (Å²) in [7, 11) is 1.97. The van der Waals surface area contributed by atoms with Gasteiger partial charge in [-0.05, 0) is 19.8 Å². The molecule has 108 valence electrons. The van der Waals surface area contributed by atoms with Crippen LogP contribution in [0.3, 0.4) is 0 Å². The highest BCUT2D eigenvalue weighted by Gasteiger charge is 2.21. The molecule has 0 aliphatic rings. The molecule has 0 fully saturated rings. The minimum Gasteiger partial charge on any atom is -0.382 e. The van der Waals surface area contributed by atoms with Gasteiger partial charge in [-0.1, -0.05) is 25.2 Å². The van der Waals surface area contributed by atoms with Gasteiger partial charge in [0.2, 0.25) is 0 Å². The van der Waals surface area contributed by atoms with E-state index in [0.29, 0.717) is 17.2 Å². The van der Waals surface area contributed by atoms with Gasteiger partial charge in [-0.2, -0.15) is 0 Å². The average Bonchev–Trinajstić information content (AvgIpc) is 2.77. The van der Waals surface area contributed by atoms with Gasteiger partial charge in [0.1, 0.15) is 10.7 Å². The molecule has 0 bridgehead atoms. The maximum absolute atomic E-state index is 12.4. The average molecular weight is 284 g/mol. The zero-order valence-electron chi connectivity index (χ0n) is 12.3. The van der Waals surface area contributed by atoms with Crippen LogP contribution in [0.25, 0.3) is 0 Å². The molecule has 0 unspecified atom stereocenters. The monoisotopic (exact) mass is 284 g/mol. The van der Waals surface area contributed by atoms with Gasteiger partial charge in [0.25, 0.3) is 5.91 Å². The Morgan fingerprint density at radius 3 is 2.42 bits per heavy atom. The Morgan fingerprint density at radius 1 is 1.26 bits per heavy atom.